The van der Waals surface area contributed by atoms with Crippen LogP contribution in [0.4, 0.5) is 13.2 Å². The monoisotopic (exact) mass is 246 g/mol. The highest BCUT2D eigenvalue weighted by molar-refractivity contribution is 5.50. The zero-order valence-corrected chi connectivity index (χ0v) is 8.49. The van der Waals surface area contributed by atoms with Crippen LogP contribution in [0.25, 0.3) is 0 Å². The summed E-state index contributed by atoms with van der Waals surface area (Å²) in [6, 6.07) is 0.911. The Kier molecular flexibility index (Phi) is 3.60. The van der Waals surface area contributed by atoms with E-state index in [1.54, 1.807) is 0 Å². The fourth-order valence-electron chi connectivity index (χ4n) is 1.27. The molecule has 0 aliphatic rings. The van der Waals surface area contributed by atoms with Gasteiger partial charge in [0.15, 0.2) is 0 Å². The molecule has 4 nitrogen and oxygen atoms in total. The first-order valence-electron chi connectivity index (χ1n) is 4.51. The second kappa shape index (κ2) is 4.61. The second-order valence-electron chi connectivity index (χ2n) is 3.37. The van der Waals surface area contributed by atoms with Crippen molar-refractivity contribution in [1.82, 2.24) is 0 Å². The van der Waals surface area contributed by atoms with Crippen LogP contribution in [0.15, 0.2) is 12.1 Å². The van der Waals surface area contributed by atoms with Gasteiger partial charge in [0.2, 0.25) is 0 Å². The predicted octanol–water partition coefficient (Wildman–Crippen LogP) is 1.03. The number of nitrogens with two attached hydrogens (primary N) is 1. The molecule has 0 fully saturated rings. The van der Waals surface area contributed by atoms with Crippen LogP contribution in [0.1, 0.15) is 17.2 Å². The molecule has 0 spiro atoms. The van der Waals surface area contributed by atoms with Crippen LogP contribution in [-0.2, 0) is 0 Å². The van der Waals surface area contributed by atoms with Crippen molar-refractivity contribution in [3.8, 4) is 11.8 Å². The van der Waals surface area contributed by atoms with Gasteiger partial charge in [0, 0.05) is 5.56 Å². The molecule has 0 bridgehead atoms. The number of aromatic hydroxyl groups is 1. The van der Waals surface area contributed by atoms with Crippen molar-refractivity contribution < 1.29 is 23.4 Å². The average molecular weight is 246 g/mol. The van der Waals surface area contributed by atoms with Gasteiger partial charge in [0.1, 0.15) is 35.8 Å². The zero-order valence-electron chi connectivity index (χ0n) is 8.49. The van der Waals surface area contributed by atoms with E-state index in [1.807, 2.05) is 0 Å². The van der Waals surface area contributed by atoms with Crippen LogP contribution in [-0.4, -0.2) is 22.7 Å². The molecule has 1 aromatic rings. The van der Waals surface area contributed by atoms with E-state index < -0.39 is 41.3 Å². The Balaban J connectivity index is 3.31. The van der Waals surface area contributed by atoms with E-state index in [-0.39, 0.29) is 0 Å². The van der Waals surface area contributed by atoms with E-state index in [1.165, 1.54) is 6.07 Å². The molecule has 0 aromatic heterocycles. The smallest absolute Gasteiger partial charge is 0.289 e. The summed E-state index contributed by atoms with van der Waals surface area (Å²) in [5.41, 5.74) is 3.90. The Morgan fingerprint density at radius 1 is 1.47 bits per heavy atom. The molecule has 0 radical (unpaired) electrons. The highest BCUT2D eigenvalue weighted by Crippen LogP contribution is 2.36. The molecule has 0 heterocycles. The van der Waals surface area contributed by atoms with Crippen molar-refractivity contribution in [3.05, 3.63) is 29.1 Å². The minimum absolute atomic E-state index is 0.498. The maximum Gasteiger partial charge on any atom is 0.289 e. The molecule has 0 saturated carbocycles. The van der Waals surface area contributed by atoms with Gasteiger partial charge in [-0.05, 0) is 6.07 Å². The normalized spacial score (nSPS) is 13.2. The Morgan fingerprint density at radius 3 is 2.53 bits per heavy atom. The van der Waals surface area contributed by atoms with Crippen LogP contribution < -0.4 is 5.73 Å². The molecule has 0 unspecified atom stereocenters. The van der Waals surface area contributed by atoms with E-state index >= 15 is 0 Å². The number of nitrogens with zero attached hydrogens (tertiary/aromatic N) is 1. The lowest BCUT2D eigenvalue weighted by atomic mass is 9.98. The number of aliphatic hydroxyl groups is 1. The average Bonchev–Trinajstić information content (AvgIpc) is 2.29. The second-order valence-corrected chi connectivity index (χ2v) is 3.37. The van der Waals surface area contributed by atoms with E-state index in [2.05, 4.69) is 0 Å². The fraction of sp³-hybridized carbons (Fsp3) is 0.300. The largest absolute Gasteiger partial charge is 0.506 e. The number of halogens is 3. The zero-order chi connectivity index (χ0) is 13.2. The Morgan fingerprint density at radius 2 is 2.06 bits per heavy atom. The third-order valence-corrected chi connectivity index (χ3v) is 2.27. The first-order valence-corrected chi connectivity index (χ1v) is 4.51. The predicted molar refractivity (Wildman–Crippen MR) is 51.7 cm³/mol. The van der Waals surface area contributed by atoms with Crippen molar-refractivity contribution in [2.75, 3.05) is 6.61 Å². The standard InChI is InChI=1S/C10H9F3N2O2/c11-7-2-1-5(8(17)6(7)3-14)9(15)10(12,13)4-16/h1-2,9,16-17H,4,15H2/t9-/m0/s1. The van der Waals surface area contributed by atoms with Gasteiger partial charge >= 0.3 is 0 Å². The Labute approximate surface area is 94.7 Å². The molecule has 0 aliphatic heterocycles. The number of aliphatic hydroxyl groups excluding tert-OH is 1. The van der Waals surface area contributed by atoms with Crippen LogP contribution in [0.2, 0.25) is 0 Å². The third kappa shape index (κ3) is 2.33. The fourth-order valence-corrected chi connectivity index (χ4v) is 1.27. The Bertz CT molecular complexity index is 471. The highest BCUT2D eigenvalue weighted by Gasteiger charge is 2.39. The van der Waals surface area contributed by atoms with Gasteiger partial charge in [0.25, 0.3) is 5.92 Å². The van der Waals surface area contributed by atoms with E-state index in [0.717, 1.165) is 12.1 Å². The summed E-state index contributed by atoms with van der Waals surface area (Å²) in [7, 11) is 0. The van der Waals surface area contributed by atoms with Crippen molar-refractivity contribution in [3.63, 3.8) is 0 Å². The summed E-state index contributed by atoms with van der Waals surface area (Å²) in [6.45, 7) is -1.52. The van der Waals surface area contributed by atoms with Crippen molar-refractivity contribution in [1.29, 1.82) is 5.26 Å². The molecule has 0 aliphatic carbocycles. The van der Waals surface area contributed by atoms with E-state index in [0.29, 0.717) is 0 Å². The number of phenolic OH excluding ortho intramolecular Hbond substituents is 1. The number of benzene rings is 1. The van der Waals surface area contributed by atoms with Gasteiger partial charge in [-0.3, -0.25) is 0 Å². The maximum atomic E-state index is 13.1. The summed E-state index contributed by atoms with van der Waals surface area (Å²) in [5, 5.41) is 26.4. The molecule has 4 N–H and O–H groups in total. The maximum absolute atomic E-state index is 13.1. The molecular formula is C10H9F3N2O2. The van der Waals surface area contributed by atoms with E-state index in [4.69, 9.17) is 16.1 Å². The minimum Gasteiger partial charge on any atom is -0.506 e. The summed E-state index contributed by atoms with van der Waals surface area (Å²) >= 11 is 0. The summed E-state index contributed by atoms with van der Waals surface area (Å²) in [4.78, 5) is 0. The van der Waals surface area contributed by atoms with Crippen molar-refractivity contribution in [2.24, 2.45) is 5.73 Å². The molecular weight excluding hydrogens is 237 g/mol. The van der Waals surface area contributed by atoms with Gasteiger partial charge < -0.3 is 15.9 Å². The lowest BCUT2D eigenvalue weighted by Crippen LogP contribution is -2.36. The van der Waals surface area contributed by atoms with Gasteiger partial charge in [-0.15, -0.1) is 0 Å². The summed E-state index contributed by atoms with van der Waals surface area (Å²) in [5.74, 6) is -5.65. The van der Waals surface area contributed by atoms with Crippen LogP contribution in [0.5, 0.6) is 5.75 Å². The first-order chi connectivity index (χ1) is 7.85. The number of rotatable bonds is 3. The number of nitriles is 1. The third-order valence-electron chi connectivity index (χ3n) is 2.27. The number of phenols is 1. The molecule has 1 atom stereocenters. The van der Waals surface area contributed by atoms with Gasteiger partial charge in [0.05, 0.1) is 0 Å². The number of hydrogen-bond donors (Lipinski definition) is 3. The lowest BCUT2D eigenvalue weighted by Gasteiger charge is -2.22. The van der Waals surface area contributed by atoms with Crippen LogP contribution in [0, 0.1) is 17.1 Å². The van der Waals surface area contributed by atoms with Crippen molar-refractivity contribution >= 4 is 0 Å². The molecule has 7 heteroatoms. The highest BCUT2D eigenvalue weighted by atomic mass is 19.3. The molecule has 17 heavy (non-hydrogen) atoms. The molecule has 0 saturated heterocycles. The van der Waals surface area contributed by atoms with Gasteiger partial charge in [-0.25, -0.2) is 13.2 Å². The molecule has 0 amide bonds. The first kappa shape index (κ1) is 13.3. The minimum atomic E-state index is -3.68. The summed E-state index contributed by atoms with van der Waals surface area (Å²) in [6.07, 6.45) is 0. The quantitative estimate of drug-likeness (QED) is 0.743. The number of hydrogen-bond acceptors (Lipinski definition) is 4. The number of alkyl halides is 2. The lowest BCUT2D eigenvalue weighted by molar-refractivity contribution is -0.0716. The molecule has 92 valence electrons. The topological polar surface area (TPSA) is 90.3 Å². The van der Waals surface area contributed by atoms with Crippen LogP contribution >= 0.6 is 0 Å². The SMILES string of the molecule is N#Cc1c(F)ccc([C@H](N)C(F)(F)CO)c1O. The molecule has 1 rings (SSSR count). The van der Waals surface area contributed by atoms with E-state index in [9.17, 15) is 18.3 Å². The summed E-state index contributed by atoms with van der Waals surface area (Å²) < 4.78 is 39.2. The van der Waals surface area contributed by atoms with Crippen molar-refractivity contribution in [2.45, 2.75) is 12.0 Å². The van der Waals surface area contributed by atoms with Gasteiger partial charge in [-0.2, -0.15) is 5.26 Å². The van der Waals surface area contributed by atoms with Gasteiger partial charge in [-0.1, -0.05) is 6.07 Å². The van der Waals surface area contributed by atoms with Crippen LogP contribution in [0.3, 0.4) is 0 Å². The molecule has 1 aromatic carbocycles. The Hall–Kier alpha value is -1.78.